The number of amides is 1. The second-order valence-electron chi connectivity index (χ2n) is 3.98. The molecule has 92 valence electrons. The molecular weight excluding hydrogens is 284 g/mol. The lowest BCUT2D eigenvalue weighted by Crippen LogP contribution is -2.24. The molecule has 1 N–H and O–H groups in total. The van der Waals surface area contributed by atoms with E-state index in [1.54, 1.807) is 0 Å². The first-order valence-electron chi connectivity index (χ1n) is 5.07. The fourth-order valence-electron chi connectivity index (χ4n) is 1.85. The maximum Gasteiger partial charge on any atom is 0.227 e. The van der Waals surface area contributed by atoms with Crippen LogP contribution >= 0.6 is 34.8 Å². The molecule has 1 heterocycles. The molecule has 1 aliphatic rings. The number of aromatic hydroxyl groups is 1. The molecule has 17 heavy (non-hydrogen) atoms. The fraction of sp³-hybridized carbons (Fsp3) is 0.364. The number of alkyl halides is 1. The Morgan fingerprint density at radius 3 is 2.65 bits per heavy atom. The number of rotatable bonds is 2. The van der Waals surface area contributed by atoms with Gasteiger partial charge in [-0.05, 0) is 12.0 Å². The van der Waals surface area contributed by atoms with Crippen molar-refractivity contribution in [3.05, 3.63) is 22.2 Å². The maximum absolute atomic E-state index is 11.8. The number of anilines is 1. The van der Waals surface area contributed by atoms with Crippen LogP contribution in [0.25, 0.3) is 0 Å². The van der Waals surface area contributed by atoms with Crippen LogP contribution in [0.3, 0.4) is 0 Å². The first kappa shape index (κ1) is 12.8. The van der Waals surface area contributed by atoms with Crippen molar-refractivity contribution in [1.29, 1.82) is 0 Å². The fourth-order valence-corrected chi connectivity index (χ4v) is 2.54. The molecule has 0 spiro atoms. The molecule has 0 aromatic heterocycles. The normalized spacial score (nSPS) is 20.1. The van der Waals surface area contributed by atoms with Gasteiger partial charge in [-0.2, -0.15) is 0 Å². The van der Waals surface area contributed by atoms with Crippen LogP contribution in [0.1, 0.15) is 6.42 Å². The van der Waals surface area contributed by atoms with E-state index >= 15 is 0 Å². The van der Waals surface area contributed by atoms with Gasteiger partial charge in [0.1, 0.15) is 5.75 Å². The Morgan fingerprint density at radius 2 is 2.06 bits per heavy atom. The summed E-state index contributed by atoms with van der Waals surface area (Å²) in [6.45, 7) is 0.517. The third-order valence-electron chi connectivity index (χ3n) is 2.73. The third-order valence-corrected chi connectivity index (χ3v) is 3.77. The molecule has 1 amide bonds. The number of hydrogen-bond acceptors (Lipinski definition) is 2. The SMILES string of the molecule is O=C1CC(CCl)CN1c1cc(O)c(Cl)cc1Cl. The van der Waals surface area contributed by atoms with Crippen LogP contribution in [0, 0.1) is 5.92 Å². The van der Waals surface area contributed by atoms with E-state index in [4.69, 9.17) is 34.8 Å². The number of hydrogen-bond donors (Lipinski definition) is 1. The van der Waals surface area contributed by atoms with Crippen molar-refractivity contribution in [1.82, 2.24) is 0 Å². The lowest BCUT2D eigenvalue weighted by Gasteiger charge is -2.18. The average Bonchev–Trinajstić information content (AvgIpc) is 2.65. The predicted octanol–water partition coefficient (Wildman–Crippen LogP) is 3.29. The molecule has 3 nitrogen and oxygen atoms in total. The number of carbonyl (C=O) groups is 1. The van der Waals surface area contributed by atoms with Crippen LogP contribution in [0.5, 0.6) is 5.75 Å². The van der Waals surface area contributed by atoms with E-state index in [1.807, 2.05) is 0 Å². The van der Waals surface area contributed by atoms with Gasteiger partial charge in [-0.25, -0.2) is 0 Å². The Bertz CT molecular complexity index is 464. The monoisotopic (exact) mass is 293 g/mol. The Hall–Kier alpha value is -0.640. The number of benzene rings is 1. The number of phenolic OH excluding ortho intramolecular Hbond substituents is 1. The van der Waals surface area contributed by atoms with Gasteiger partial charge in [0.15, 0.2) is 0 Å². The van der Waals surface area contributed by atoms with Gasteiger partial charge >= 0.3 is 0 Å². The van der Waals surface area contributed by atoms with Crippen molar-refractivity contribution < 1.29 is 9.90 Å². The quantitative estimate of drug-likeness (QED) is 0.850. The highest BCUT2D eigenvalue weighted by atomic mass is 35.5. The zero-order valence-electron chi connectivity index (χ0n) is 8.79. The highest BCUT2D eigenvalue weighted by Crippen LogP contribution is 2.38. The maximum atomic E-state index is 11.8. The average molecular weight is 295 g/mol. The second kappa shape index (κ2) is 4.92. The molecule has 0 bridgehead atoms. The summed E-state index contributed by atoms with van der Waals surface area (Å²) in [5, 5.41) is 10.0. The number of carbonyl (C=O) groups excluding carboxylic acids is 1. The van der Waals surface area contributed by atoms with Crippen molar-refractivity contribution in [2.75, 3.05) is 17.3 Å². The summed E-state index contributed by atoms with van der Waals surface area (Å²) in [4.78, 5) is 13.3. The van der Waals surface area contributed by atoms with E-state index in [-0.39, 0.29) is 22.6 Å². The van der Waals surface area contributed by atoms with Gasteiger partial charge in [0, 0.05) is 24.9 Å². The predicted molar refractivity (Wildman–Crippen MR) is 69.3 cm³/mol. The van der Waals surface area contributed by atoms with E-state index in [2.05, 4.69) is 0 Å². The van der Waals surface area contributed by atoms with Gasteiger partial charge in [0.25, 0.3) is 0 Å². The van der Waals surface area contributed by atoms with Crippen LogP contribution in [-0.4, -0.2) is 23.4 Å². The van der Waals surface area contributed by atoms with Crippen molar-refractivity contribution in [2.24, 2.45) is 5.92 Å². The van der Waals surface area contributed by atoms with Gasteiger partial charge in [-0.1, -0.05) is 23.2 Å². The van der Waals surface area contributed by atoms with E-state index in [1.165, 1.54) is 17.0 Å². The Kier molecular flexibility index (Phi) is 3.71. The van der Waals surface area contributed by atoms with Crippen molar-refractivity contribution in [2.45, 2.75) is 6.42 Å². The van der Waals surface area contributed by atoms with Gasteiger partial charge in [0.05, 0.1) is 15.7 Å². The molecular formula is C11H10Cl3NO2. The minimum atomic E-state index is -0.0896. The van der Waals surface area contributed by atoms with Crippen molar-refractivity contribution in [3.63, 3.8) is 0 Å². The Balaban J connectivity index is 2.35. The first-order chi connectivity index (χ1) is 8.02. The standard InChI is InChI=1S/C11H10Cl3NO2/c12-4-6-1-11(17)15(5-6)9-3-10(16)8(14)2-7(9)13/h2-3,6,16H,1,4-5H2. The summed E-state index contributed by atoms with van der Waals surface area (Å²) in [6, 6.07) is 2.83. The number of halogens is 3. The summed E-state index contributed by atoms with van der Waals surface area (Å²) >= 11 is 17.5. The molecule has 1 unspecified atom stereocenters. The topological polar surface area (TPSA) is 40.5 Å². The molecule has 0 radical (unpaired) electrons. The van der Waals surface area contributed by atoms with Crippen LogP contribution in [0.4, 0.5) is 5.69 Å². The van der Waals surface area contributed by atoms with Crippen molar-refractivity contribution >= 4 is 46.4 Å². The molecule has 2 rings (SSSR count). The van der Waals surface area contributed by atoms with Gasteiger partial charge < -0.3 is 10.0 Å². The van der Waals surface area contributed by atoms with Crippen molar-refractivity contribution in [3.8, 4) is 5.75 Å². The van der Waals surface area contributed by atoms with Crippen LogP contribution in [0.15, 0.2) is 12.1 Å². The van der Waals surface area contributed by atoms with Crippen LogP contribution in [0.2, 0.25) is 10.0 Å². The van der Waals surface area contributed by atoms with E-state index in [9.17, 15) is 9.90 Å². The molecule has 0 aliphatic carbocycles. The van der Waals surface area contributed by atoms with Gasteiger partial charge in [-0.3, -0.25) is 4.79 Å². The largest absolute Gasteiger partial charge is 0.506 e. The molecule has 1 aromatic rings. The van der Waals surface area contributed by atoms with E-state index in [0.29, 0.717) is 29.6 Å². The van der Waals surface area contributed by atoms with Crippen LogP contribution in [-0.2, 0) is 4.79 Å². The number of nitrogens with zero attached hydrogens (tertiary/aromatic N) is 1. The zero-order valence-corrected chi connectivity index (χ0v) is 11.1. The number of phenols is 1. The molecule has 1 fully saturated rings. The Morgan fingerprint density at radius 1 is 1.35 bits per heavy atom. The molecule has 1 saturated heterocycles. The highest BCUT2D eigenvalue weighted by molar-refractivity contribution is 6.37. The molecule has 1 aliphatic heterocycles. The van der Waals surface area contributed by atoms with Crippen LogP contribution < -0.4 is 4.90 Å². The Labute approximate surface area is 114 Å². The van der Waals surface area contributed by atoms with E-state index in [0.717, 1.165) is 0 Å². The summed E-state index contributed by atoms with van der Waals surface area (Å²) in [6.07, 6.45) is 0.406. The third kappa shape index (κ3) is 2.46. The first-order valence-corrected chi connectivity index (χ1v) is 6.36. The summed E-state index contributed by atoms with van der Waals surface area (Å²) < 4.78 is 0. The molecule has 1 aromatic carbocycles. The molecule has 6 heteroatoms. The van der Waals surface area contributed by atoms with Gasteiger partial charge in [0.2, 0.25) is 5.91 Å². The lowest BCUT2D eigenvalue weighted by molar-refractivity contribution is -0.117. The van der Waals surface area contributed by atoms with Gasteiger partial charge in [-0.15, -0.1) is 11.6 Å². The smallest absolute Gasteiger partial charge is 0.227 e. The molecule has 1 atom stereocenters. The molecule has 0 saturated carbocycles. The summed E-state index contributed by atoms with van der Waals surface area (Å²) in [5.41, 5.74) is 0.478. The summed E-state index contributed by atoms with van der Waals surface area (Å²) in [5.74, 6) is 0.421. The minimum Gasteiger partial charge on any atom is -0.506 e. The lowest BCUT2D eigenvalue weighted by atomic mass is 10.1. The van der Waals surface area contributed by atoms with E-state index < -0.39 is 0 Å². The minimum absolute atomic E-state index is 0.0423. The second-order valence-corrected chi connectivity index (χ2v) is 5.11. The highest BCUT2D eigenvalue weighted by Gasteiger charge is 2.31. The zero-order chi connectivity index (χ0) is 12.6. The summed E-state index contributed by atoms with van der Waals surface area (Å²) in [7, 11) is 0.